The molecular weight excluding hydrogens is 589 g/mol. The van der Waals surface area contributed by atoms with Crippen molar-refractivity contribution in [2.75, 3.05) is 26.2 Å². The van der Waals surface area contributed by atoms with Crippen molar-refractivity contribution in [3.8, 4) is 0 Å². The summed E-state index contributed by atoms with van der Waals surface area (Å²) < 4.78 is 17.9. The van der Waals surface area contributed by atoms with E-state index in [1.807, 2.05) is 30.1 Å². The Morgan fingerprint density at radius 2 is 1.32 bits per heavy atom. The van der Waals surface area contributed by atoms with Crippen LogP contribution in [0.5, 0.6) is 0 Å². The highest BCUT2D eigenvalue weighted by Gasteiger charge is 2.15. The van der Waals surface area contributed by atoms with E-state index in [1.54, 1.807) is 7.11 Å². The zero-order valence-electron chi connectivity index (χ0n) is 22.7. The van der Waals surface area contributed by atoms with E-state index in [9.17, 15) is 0 Å². The number of halogens is 1. The Kier molecular flexibility index (Phi) is 9.96. The summed E-state index contributed by atoms with van der Waals surface area (Å²) in [6.45, 7) is 8.03. The molecule has 0 radical (unpaired) electrons. The summed E-state index contributed by atoms with van der Waals surface area (Å²) in [6.07, 6.45) is 3.86. The van der Waals surface area contributed by atoms with Crippen LogP contribution in [0.1, 0.15) is 23.6 Å². The van der Waals surface area contributed by atoms with Crippen LogP contribution in [-0.4, -0.2) is 31.3 Å². The number of allylic oxidation sites excluding steroid dienone is 1. The van der Waals surface area contributed by atoms with Gasteiger partial charge in [-0.1, -0.05) is 59.0 Å². The number of ether oxygens (including phenoxy) is 1. The zero-order chi connectivity index (χ0) is 28.0. The molecule has 4 aromatic carbocycles. The topological polar surface area (TPSA) is 81.8 Å². The number of aliphatic hydroxyl groups excluding tert-OH is 1. The van der Waals surface area contributed by atoms with Gasteiger partial charge < -0.3 is 24.4 Å². The lowest BCUT2D eigenvalue weighted by molar-refractivity contribution is 0.297. The lowest BCUT2D eigenvalue weighted by Crippen LogP contribution is -1.84. The van der Waals surface area contributed by atoms with Crippen LogP contribution in [0, 0.1) is 6.92 Å². The summed E-state index contributed by atoms with van der Waals surface area (Å²) in [4.78, 5) is 1.97. The summed E-state index contributed by atoms with van der Waals surface area (Å²) in [7, 11) is 4.17. The highest BCUT2D eigenvalue weighted by Crippen LogP contribution is 2.39. The molecule has 0 aliphatic carbocycles. The highest BCUT2D eigenvalue weighted by atomic mass is 127. The first-order chi connectivity index (χ1) is 18.5. The molecule has 5 nitrogen and oxygen atoms in total. The Bertz CT molecular complexity index is 1760. The van der Waals surface area contributed by atoms with Crippen LogP contribution in [0.2, 0.25) is 0 Å². The maximum atomic E-state index is 7.00. The van der Waals surface area contributed by atoms with Gasteiger partial charge >= 0.3 is 0 Å². The molecule has 2 heterocycles. The third-order valence-electron chi connectivity index (χ3n) is 6.28. The van der Waals surface area contributed by atoms with Crippen molar-refractivity contribution in [2.24, 2.45) is 5.73 Å². The molecule has 6 rings (SSSR count). The van der Waals surface area contributed by atoms with Crippen LogP contribution >= 0.6 is 22.6 Å². The SMILES string of the molecule is C=Cc1cc2c(cc1/C=C(\C)OC)oc1cc3c(cc12)oc1cc2cc(C)ccc2cc13.CI.CN.CO. The summed E-state index contributed by atoms with van der Waals surface area (Å²) in [5.74, 6) is 0.829. The highest BCUT2D eigenvalue weighted by molar-refractivity contribution is 14.1. The van der Waals surface area contributed by atoms with Crippen LogP contribution < -0.4 is 5.73 Å². The fraction of sp³-hybridized carbons (Fsp3) is 0.188. The van der Waals surface area contributed by atoms with Gasteiger partial charge in [0.25, 0.3) is 0 Å². The molecule has 6 aromatic rings. The number of benzene rings is 4. The van der Waals surface area contributed by atoms with Crippen molar-refractivity contribution < 1.29 is 18.7 Å². The van der Waals surface area contributed by atoms with Crippen molar-refractivity contribution in [2.45, 2.75) is 13.8 Å². The molecule has 0 saturated carbocycles. The predicted molar refractivity (Wildman–Crippen MR) is 172 cm³/mol. The second-order valence-electron chi connectivity index (χ2n) is 8.39. The van der Waals surface area contributed by atoms with Crippen LogP contribution in [-0.2, 0) is 4.74 Å². The lowest BCUT2D eigenvalue weighted by Gasteiger charge is -2.04. The fourth-order valence-electron chi connectivity index (χ4n) is 4.56. The number of furan rings is 2. The molecule has 0 saturated heterocycles. The zero-order valence-corrected chi connectivity index (χ0v) is 24.8. The third-order valence-corrected chi connectivity index (χ3v) is 6.28. The Morgan fingerprint density at radius 1 is 0.789 bits per heavy atom. The third kappa shape index (κ3) is 5.43. The van der Waals surface area contributed by atoms with E-state index in [1.165, 1.54) is 23.4 Å². The van der Waals surface area contributed by atoms with E-state index >= 15 is 0 Å². The number of alkyl halides is 1. The van der Waals surface area contributed by atoms with Crippen molar-refractivity contribution >= 4 is 89.4 Å². The van der Waals surface area contributed by atoms with Crippen molar-refractivity contribution in [3.05, 3.63) is 83.6 Å². The summed E-state index contributed by atoms with van der Waals surface area (Å²) in [5.41, 5.74) is 11.2. The average Bonchev–Trinajstić information content (AvgIpc) is 3.49. The number of rotatable bonds is 3. The maximum Gasteiger partial charge on any atom is 0.136 e. The number of hydrogen-bond donors (Lipinski definition) is 2. The number of aryl methyl sites for hydroxylation is 1. The Labute approximate surface area is 236 Å². The van der Waals surface area contributed by atoms with Crippen LogP contribution in [0.15, 0.2) is 75.8 Å². The van der Waals surface area contributed by atoms with Crippen LogP contribution in [0.4, 0.5) is 0 Å². The number of fused-ring (bicyclic) bond motifs is 7. The second kappa shape index (κ2) is 13.0. The standard InChI is InChI=1S/C29H22O3.CH3I.CH5N.CH4O/c1-5-18-10-22-24-14-29-25(15-28(24)32-27(22)13-21(18)9-17(3)30-4)23-11-19-7-6-16(2)8-20(19)12-26(23)31-29;3*1-2/h5-15H,1H2,2-4H3;1H3;2H2,1H3;2H,1H3/b17-9+;;;. The Hall–Kier alpha value is -3.33. The molecule has 0 unspecified atom stereocenters. The molecule has 2 aromatic heterocycles. The first-order valence-electron chi connectivity index (χ1n) is 12.1. The smallest absolute Gasteiger partial charge is 0.136 e. The monoisotopic (exact) mass is 623 g/mol. The van der Waals surface area contributed by atoms with Gasteiger partial charge in [-0.05, 0) is 90.2 Å². The minimum absolute atomic E-state index is 0.829. The van der Waals surface area contributed by atoms with Gasteiger partial charge in [0.1, 0.15) is 22.3 Å². The molecule has 0 spiro atoms. The average molecular weight is 624 g/mol. The molecule has 0 atom stereocenters. The maximum absolute atomic E-state index is 7.00. The second-order valence-corrected chi connectivity index (χ2v) is 8.39. The molecular formula is C32H34INO4. The largest absolute Gasteiger partial charge is 0.501 e. The van der Waals surface area contributed by atoms with Gasteiger partial charge in [0.05, 0.1) is 12.9 Å². The molecule has 6 heteroatoms. The first-order valence-corrected chi connectivity index (χ1v) is 14.2. The fourth-order valence-corrected chi connectivity index (χ4v) is 4.56. The van der Waals surface area contributed by atoms with Crippen LogP contribution in [0.25, 0.3) is 66.8 Å². The Balaban J connectivity index is 0.000000625. The first kappa shape index (κ1) is 29.2. The van der Waals surface area contributed by atoms with Gasteiger partial charge in [0, 0.05) is 28.7 Å². The van der Waals surface area contributed by atoms with E-state index < -0.39 is 0 Å². The number of methoxy groups -OCH3 is 1. The van der Waals surface area contributed by atoms with E-state index in [0.29, 0.717) is 0 Å². The van der Waals surface area contributed by atoms with Gasteiger partial charge in [-0.15, -0.1) is 0 Å². The molecule has 198 valence electrons. The molecule has 0 fully saturated rings. The molecule has 0 aliphatic heterocycles. The molecule has 38 heavy (non-hydrogen) atoms. The number of aliphatic hydroxyl groups is 1. The van der Waals surface area contributed by atoms with Crippen molar-refractivity contribution in [3.63, 3.8) is 0 Å². The summed E-state index contributed by atoms with van der Waals surface area (Å²) in [6, 6.07) is 19.2. The molecule has 0 bridgehead atoms. The Morgan fingerprint density at radius 3 is 1.89 bits per heavy atom. The number of nitrogens with two attached hydrogens (primary N) is 1. The minimum Gasteiger partial charge on any atom is -0.501 e. The lowest BCUT2D eigenvalue weighted by atomic mass is 10.0. The van der Waals surface area contributed by atoms with Gasteiger partial charge in [0.15, 0.2) is 0 Å². The van der Waals surface area contributed by atoms with Crippen molar-refractivity contribution in [1.29, 1.82) is 0 Å². The summed E-state index contributed by atoms with van der Waals surface area (Å²) in [5, 5.41) is 13.6. The number of hydrogen-bond acceptors (Lipinski definition) is 5. The molecule has 0 aliphatic rings. The predicted octanol–water partition coefficient (Wildman–Crippen LogP) is 8.83. The van der Waals surface area contributed by atoms with E-state index in [2.05, 4.69) is 90.4 Å². The summed E-state index contributed by atoms with van der Waals surface area (Å²) >= 11 is 2.15. The van der Waals surface area contributed by atoms with Gasteiger partial charge in [0.2, 0.25) is 0 Å². The van der Waals surface area contributed by atoms with Crippen LogP contribution in [0.3, 0.4) is 0 Å². The molecule has 0 amide bonds. The minimum atomic E-state index is 0.829. The van der Waals surface area contributed by atoms with E-state index in [-0.39, 0.29) is 0 Å². The van der Waals surface area contributed by atoms with E-state index in [4.69, 9.17) is 18.7 Å². The quantitative estimate of drug-likeness (QED) is 0.117. The van der Waals surface area contributed by atoms with Gasteiger partial charge in [-0.25, -0.2) is 0 Å². The normalized spacial score (nSPS) is 11.0. The molecule has 3 N–H and O–H groups in total. The van der Waals surface area contributed by atoms with Gasteiger partial charge in [-0.3, -0.25) is 0 Å². The van der Waals surface area contributed by atoms with E-state index in [0.717, 1.165) is 67.9 Å². The van der Waals surface area contributed by atoms with Gasteiger partial charge in [-0.2, -0.15) is 0 Å². The van der Waals surface area contributed by atoms with Crippen molar-refractivity contribution in [1.82, 2.24) is 0 Å².